The molecule has 2 atom stereocenters. The summed E-state index contributed by atoms with van der Waals surface area (Å²) in [4.78, 5) is 24.6. The number of carbonyl (C=O) groups excluding carboxylic acids is 2. The molecule has 0 fully saturated rings. The molecule has 0 saturated heterocycles. The standard InChI is InChI=1S/C18H25NO5/c1-13(20)23-17(18(12-19(3)4)24-14(2)21)11-8-15-6-9-16(22-5)10-7-15/h6-11,17-18H,12H2,1-5H3. The van der Waals surface area contributed by atoms with Crippen molar-refractivity contribution in [3.63, 3.8) is 0 Å². The number of ether oxygens (including phenoxy) is 3. The fourth-order valence-electron chi connectivity index (χ4n) is 2.13. The van der Waals surface area contributed by atoms with Gasteiger partial charge < -0.3 is 19.1 Å². The van der Waals surface area contributed by atoms with Crippen molar-refractivity contribution in [3.8, 4) is 5.75 Å². The van der Waals surface area contributed by atoms with Gasteiger partial charge >= 0.3 is 11.9 Å². The topological polar surface area (TPSA) is 65.1 Å². The number of nitrogens with zero attached hydrogens (tertiary/aromatic N) is 1. The maximum absolute atomic E-state index is 11.4. The lowest BCUT2D eigenvalue weighted by molar-refractivity contribution is -0.162. The van der Waals surface area contributed by atoms with E-state index in [4.69, 9.17) is 14.2 Å². The van der Waals surface area contributed by atoms with Crippen LogP contribution >= 0.6 is 0 Å². The van der Waals surface area contributed by atoms with E-state index in [2.05, 4.69) is 0 Å². The molecule has 0 aliphatic rings. The molecule has 1 rings (SSSR count). The first-order chi connectivity index (χ1) is 11.3. The zero-order chi connectivity index (χ0) is 18.1. The van der Waals surface area contributed by atoms with E-state index in [1.165, 1.54) is 13.8 Å². The van der Waals surface area contributed by atoms with Gasteiger partial charge in [-0.25, -0.2) is 0 Å². The van der Waals surface area contributed by atoms with Crippen molar-refractivity contribution in [2.45, 2.75) is 26.1 Å². The van der Waals surface area contributed by atoms with Crippen molar-refractivity contribution in [3.05, 3.63) is 35.9 Å². The molecule has 0 saturated carbocycles. The summed E-state index contributed by atoms with van der Waals surface area (Å²) >= 11 is 0. The second-order valence-corrected chi connectivity index (χ2v) is 5.62. The largest absolute Gasteiger partial charge is 0.497 e. The molecule has 0 spiro atoms. The molecule has 24 heavy (non-hydrogen) atoms. The van der Waals surface area contributed by atoms with E-state index in [1.54, 1.807) is 13.2 Å². The van der Waals surface area contributed by atoms with Gasteiger partial charge in [0.1, 0.15) is 5.75 Å². The molecule has 0 amide bonds. The second-order valence-electron chi connectivity index (χ2n) is 5.62. The van der Waals surface area contributed by atoms with Crippen LogP contribution < -0.4 is 4.74 Å². The van der Waals surface area contributed by atoms with Gasteiger partial charge in [0.25, 0.3) is 0 Å². The van der Waals surface area contributed by atoms with Crippen molar-refractivity contribution in [1.82, 2.24) is 4.90 Å². The molecule has 0 radical (unpaired) electrons. The highest BCUT2D eigenvalue weighted by Crippen LogP contribution is 2.15. The molecule has 0 aliphatic heterocycles. The summed E-state index contributed by atoms with van der Waals surface area (Å²) < 4.78 is 15.8. The summed E-state index contributed by atoms with van der Waals surface area (Å²) in [6, 6.07) is 7.44. The van der Waals surface area contributed by atoms with E-state index in [9.17, 15) is 9.59 Å². The van der Waals surface area contributed by atoms with E-state index >= 15 is 0 Å². The molecule has 2 unspecified atom stereocenters. The van der Waals surface area contributed by atoms with Crippen molar-refractivity contribution in [2.75, 3.05) is 27.7 Å². The van der Waals surface area contributed by atoms with Crippen LogP contribution in [-0.2, 0) is 19.1 Å². The van der Waals surface area contributed by atoms with Gasteiger partial charge in [0.05, 0.1) is 7.11 Å². The number of methoxy groups -OCH3 is 1. The van der Waals surface area contributed by atoms with Gasteiger partial charge in [-0.2, -0.15) is 0 Å². The van der Waals surface area contributed by atoms with Crippen molar-refractivity contribution in [2.24, 2.45) is 0 Å². The summed E-state index contributed by atoms with van der Waals surface area (Å²) in [6.45, 7) is 3.10. The summed E-state index contributed by atoms with van der Waals surface area (Å²) in [5, 5.41) is 0. The first-order valence-electron chi connectivity index (χ1n) is 7.63. The SMILES string of the molecule is COc1ccc(C=CC(OC(C)=O)C(CN(C)C)OC(C)=O)cc1. The van der Waals surface area contributed by atoms with Crippen molar-refractivity contribution >= 4 is 18.0 Å². The minimum Gasteiger partial charge on any atom is -0.497 e. The Morgan fingerprint density at radius 3 is 2.12 bits per heavy atom. The molecule has 132 valence electrons. The molecule has 0 heterocycles. The summed E-state index contributed by atoms with van der Waals surface area (Å²) in [5.41, 5.74) is 0.916. The van der Waals surface area contributed by atoms with E-state index in [0.717, 1.165) is 11.3 Å². The molecular weight excluding hydrogens is 310 g/mol. The van der Waals surface area contributed by atoms with Gasteiger partial charge in [0, 0.05) is 20.4 Å². The molecule has 0 aliphatic carbocycles. The zero-order valence-corrected chi connectivity index (χ0v) is 14.8. The number of likely N-dealkylation sites (N-methyl/N-ethyl adjacent to an activating group) is 1. The van der Waals surface area contributed by atoms with Crippen LogP contribution in [-0.4, -0.2) is 56.8 Å². The van der Waals surface area contributed by atoms with Crippen LogP contribution in [0, 0.1) is 0 Å². The molecule has 0 bridgehead atoms. The van der Waals surface area contributed by atoms with E-state index in [-0.39, 0.29) is 0 Å². The number of hydrogen-bond donors (Lipinski definition) is 0. The first-order valence-corrected chi connectivity index (χ1v) is 7.63. The van der Waals surface area contributed by atoms with Crippen molar-refractivity contribution in [1.29, 1.82) is 0 Å². The predicted octanol–water partition coefficient (Wildman–Crippen LogP) is 2.13. The van der Waals surface area contributed by atoms with Crippen LogP contribution in [0.4, 0.5) is 0 Å². The number of benzene rings is 1. The number of esters is 2. The van der Waals surface area contributed by atoms with Crippen LogP contribution in [0.2, 0.25) is 0 Å². The minimum atomic E-state index is -0.670. The molecule has 1 aromatic rings. The highest BCUT2D eigenvalue weighted by atomic mass is 16.6. The Hall–Kier alpha value is -2.34. The fourth-order valence-corrected chi connectivity index (χ4v) is 2.13. The third-order valence-corrected chi connectivity index (χ3v) is 3.13. The second kappa shape index (κ2) is 9.72. The molecule has 1 aromatic carbocycles. The highest BCUT2D eigenvalue weighted by molar-refractivity contribution is 5.68. The summed E-state index contributed by atoms with van der Waals surface area (Å²) in [6.07, 6.45) is 2.28. The molecule has 0 aromatic heterocycles. The van der Waals surface area contributed by atoms with Gasteiger partial charge in [-0.1, -0.05) is 18.2 Å². The Morgan fingerprint density at radius 1 is 1.08 bits per heavy atom. The van der Waals surface area contributed by atoms with E-state index < -0.39 is 24.1 Å². The number of rotatable bonds is 8. The Kier molecular flexibility index (Phi) is 7.98. The average molecular weight is 335 g/mol. The van der Waals surface area contributed by atoms with Crippen LogP contribution in [0.15, 0.2) is 30.3 Å². The third kappa shape index (κ3) is 7.28. The Labute approximate surface area is 143 Å². The lowest BCUT2D eigenvalue weighted by atomic mass is 10.1. The van der Waals surface area contributed by atoms with Crippen LogP contribution in [0.5, 0.6) is 5.75 Å². The van der Waals surface area contributed by atoms with Crippen LogP contribution in [0.1, 0.15) is 19.4 Å². The van der Waals surface area contributed by atoms with Gasteiger partial charge in [-0.15, -0.1) is 0 Å². The van der Waals surface area contributed by atoms with Crippen molar-refractivity contribution < 1.29 is 23.8 Å². The molecule has 6 nitrogen and oxygen atoms in total. The summed E-state index contributed by atoms with van der Waals surface area (Å²) in [5.74, 6) is -0.0961. The van der Waals surface area contributed by atoms with Gasteiger partial charge in [0.2, 0.25) is 0 Å². The van der Waals surface area contributed by atoms with Crippen LogP contribution in [0.25, 0.3) is 6.08 Å². The summed E-state index contributed by atoms with van der Waals surface area (Å²) in [7, 11) is 5.32. The van der Waals surface area contributed by atoms with E-state index in [1.807, 2.05) is 49.3 Å². The smallest absolute Gasteiger partial charge is 0.303 e. The number of carbonyl (C=O) groups is 2. The average Bonchev–Trinajstić information content (AvgIpc) is 2.50. The fraction of sp³-hybridized carbons (Fsp3) is 0.444. The Morgan fingerprint density at radius 2 is 1.67 bits per heavy atom. The van der Waals surface area contributed by atoms with Gasteiger partial charge in [-0.05, 0) is 37.9 Å². The Bertz CT molecular complexity index is 565. The number of hydrogen-bond acceptors (Lipinski definition) is 6. The first kappa shape index (κ1) is 19.7. The predicted molar refractivity (Wildman–Crippen MR) is 91.7 cm³/mol. The normalized spacial score (nSPS) is 13.6. The maximum atomic E-state index is 11.4. The highest BCUT2D eigenvalue weighted by Gasteiger charge is 2.25. The Balaban J connectivity index is 2.96. The molecule has 0 N–H and O–H groups in total. The van der Waals surface area contributed by atoms with Gasteiger partial charge in [-0.3, -0.25) is 9.59 Å². The minimum absolute atomic E-state index is 0.420. The van der Waals surface area contributed by atoms with Crippen LogP contribution in [0.3, 0.4) is 0 Å². The zero-order valence-electron chi connectivity index (χ0n) is 14.8. The lowest BCUT2D eigenvalue weighted by Crippen LogP contribution is -2.40. The molecule has 6 heteroatoms. The van der Waals surface area contributed by atoms with E-state index in [0.29, 0.717) is 6.54 Å². The lowest BCUT2D eigenvalue weighted by Gasteiger charge is -2.26. The molecular formula is C18H25NO5. The monoisotopic (exact) mass is 335 g/mol. The van der Waals surface area contributed by atoms with Gasteiger partial charge in [0.15, 0.2) is 12.2 Å². The quantitative estimate of drug-likeness (QED) is 0.678. The maximum Gasteiger partial charge on any atom is 0.303 e. The third-order valence-electron chi connectivity index (χ3n) is 3.13.